The molecule has 2 aromatic carbocycles. The summed E-state index contributed by atoms with van der Waals surface area (Å²) < 4.78 is 1.84. The quantitative estimate of drug-likeness (QED) is 0.294. The van der Waals surface area contributed by atoms with Crippen LogP contribution in [0.15, 0.2) is 88.0 Å². The van der Waals surface area contributed by atoms with Gasteiger partial charge in [-0.1, -0.05) is 30.3 Å². The van der Waals surface area contributed by atoms with Crippen molar-refractivity contribution in [3.8, 4) is 5.69 Å². The summed E-state index contributed by atoms with van der Waals surface area (Å²) in [5, 5.41) is 22.0. The van der Waals surface area contributed by atoms with Crippen molar-refractivity contribution in [2.75, 3.05) is 0 Å². The standard InChI is InChI=1S/C21H15N5O3S/c27-20-19(30-21(23-20)24-22-14-15-5-2-1-3-6-15)13-18-7-4-12-25(18)16-8-10-17(11-9-16)26(28)29/h1-14H,(H,23,24,27)/b19-13-,22-14+. The van der Waals surface area contributed by atoms with Crippen LogP contribution in [0.25, 0.3) is 11.8 Å². The minimum atomic E-state index is -0.441. The van der Waals surface area contributed by atoms with E-state index < -0.39 is 4.92 Å². The van der Waals surface area contributed by atoms with Crippen molar-refractivity contribution in [2.45, 2.75) is 0 Å². The molecule has 1 aliphatic heterocycles. The number of nitro benzene ring substituents is 1. The number of carbonyl (C=O) groups excluding carboxylic acids is 1. The molecule has 1 saturated heterocycles. The Bertz CT molecular complexity index is 1180. The van der Waals surface area contributed by atoms with E-state index in [0.717, 1.165) is 16.9 Å². The molecule has 0 bridgehead atoms. The summed E-state index contributed by atoms with van der Waals surface area (Å²) in [6.07, 6.45) is 5.18. The van der Waals surface area contributed by atoms with Gasteiger partial charge in [0, 0.05) is 29.7 Å². The number of rotatable bonds is 5. The SMILES string of the molecule is O=C1N/C(=N\N=C\c2ccccc2)S/C1=C\c1cccn1-c1ccc([N+](=O)[O-])cc1. The molecule has 9 heteroatoms. The molecule has 1 fully saturated rings. The molecule has 0 saturated carbocycles. The Kier molecular flexibility index (Phi) is 5.53. The van der Waals surface area contributed by atoms with Crippen molar-refractivity contribution in [2.24, 2.45) is 10.2 Å². The van der Waals surface area contributed by atoms with Gasteiger partial charge in [0.2, 0.25) is 0 Å². The normalized spacial score (nSPS) is 16.5. The van der Waals surface area contributed by atoms with Crippen molar-refractivity contribution in [1.29, 1.82) is 0 Å². The number of non-ortho nitro benzene ring substituents is 1. The first kappa shape index (κ1) is 19.3. The maximum Gasteiger partial charge on any atom is 0.269 e. The Balaban J connectivity index is 1.52. The summed E-state index contributed by atoms with van der Waals surface area (Å²) in [7, 11) is 0. The zero-order chi connectivity index (χ0) is 20.9. The molecular weight excluding hydrogens is 402 g/mol. The number of nitro groups is 1. The summed E-state index contributed by atoms with van der Waals surface area (Å²) in [5.74, 6) is -0.259. The molecule has 148 valence electrons. The van der Waals surface area contributed by atoms with E-state index in [0.29, 0.717) is 10.1 Å². The van der Waals surface area contributed by atoms with Crippen LogP contribution in [0.4, 0.5) is 5.69 Å². The van der Waals surface area contributed by atoms with Crippen molar-refractivity contribution in [3.63, 3.8) is 0 Å². The lowest BCUT2D eigenvalue weighted by molar-refractivity contribution is -0.384. The van der Waals surface area contributed by atoms with Gasteiger partial charge in [0.25, 0.3) is 11.6 Å². The van der Waals surface area contributed by atoms with Gasteiger partial charge >= 0.3 is 0 Å². The van der Waals surface area contributed by atoms with E-state index in [4.69, 9.17) is 0 Å². The molecule has 2 heterocycles. The molecule has 0 aliphatic carbocycles. The third kappa shape index (κ3) is 4.36. The molecule has 0 unspecified atom stereocenters. The van der Waals surface area contributed by atoms with Crippen molar-refractivity contribution < 1.29 is 9.72 Å². The van der Waals surface area contributed by atoms with Crippen molar-refractivity contribution in [1.82, 2.24) is 9.88 Å². The topological polar surface area (TPSA) is 102 Å². The summed E-state index contributed by atoms with van der Waals surface area (Å²) in [6, 6.07) is 19.4. The fraction of sp³-hybridized carbons (Fsp3) is 0. The predicted molar refractivity (Wildman–Crippen MR) is 118 cm³/mol. The largest absolute Gasteiger partial charge is 0.317 e. The fourth-order valence-corrected chi connectivity index (χ4v) is 3.54. The van der Waals surface area contributed by atoms with Crippen LogP contribution in [0.3, 0.4) is 0 Å². The van der Waals surface area contributed by atoms with Gasteiger partial charge in [-0.15, -0.1) is 5.10 Å². The average molecular weight is 417 g/mol. The number of amides is 1. The van der Waals surface area contributed by atoms with Crippen LogP contribution < -0.4 is 5.32 Å². The van der Waals surface area contributed by atoms with Gasteiger partial charge < -0.3 is 4.57 Å². The highest BCUT2D eigenvalue weighted by Crippen LogP contribution is 2.27. The smallest absolute Gasteiger partial charge is 0.269 e. The van der Waals surface area contributed by atoms with E-state index in [1.807, 2.05) is 53.2 Å². The molecule has 0 atom stereocenters. The van der Waals surface area contributed by atoms with Crippen LogP contribution in [0, 0.1) is 10.1 Å². The molecule has 1 amide bonds. The third-order valence-corrected chi connectivity index (χ3v) is 5.10. The Hall–Kier alpha value is -3.98. The number of aromatic nitrogens is 1. The fourth-order valence-electron chi connectivity index (χ4n) is 2.78. The minimum Gasteiger partial charge on any atom is -0.317 e. The molecule has 3 aromatic rings. The van der Waals surface area contributed by atoms with E-state index in [-0.39, 0.29) is 11.6 Å². The van der Waals surface area contributed by atoms with Gasteiger partial charge in [-0.3, -0.25) is 20.2 Å². The summed E-state index contributed by atoms with van der Waals surface area (Å²) >= 11 is 1.20. The number of carbonyl (C=O) groups is 1. The van der Waals surface area contributed by atoms with Gasteiger partial charge in [0.05, 0.1) is 16.0 Å². The lowest BCUT2D eigenvalue weighted by Crippen LogP contribution is -2.19. The van der Waals surface area contributed by atoms with E-state index in [1.54, 1.807) is 24.4 Å². The number of hydrogen-bond acceptors (Lipinski definition) is 6. The van der Waals surface area contributed by atoms with Crippen LogP contribution in [-0.4, -0.2) is 26.8 Å². The lowest BCUT2D eigenvalue weighted by atomic mass is 10.2. The summed E-state index contributed by atoms with van der Waals surface area (Å²) in [6.45, 7) is 0. The minimum absolute atomic E-state index is 0.0217. The monoisotopic (exact) mass is 417 g/mol. The zero-order valence-electron chi connectivity index (χ0n) is 15.5. The Morgan fingerprint density at radius 1 is 1.03 bits per heavy atom. The van der Waals surface area contributed by atoms with Crippen LogP contribution in [0.5, 0.6) is 0 Å². The van der Waals surface area contributed by atoms with E-state index in [1.165, 1.54) is 23.9 Å². The molecule has 1 aliphatic rings. The van der Waals surface area contributed by atoms with E-state index >= 15 is 0 Å². The molecular formula is C21H15N5O3S. The first-order valence-electron chi connectivity index (χ1n) is 8.89. The number of hydrogen-bond donors (Lipinski definition) is 1. The predicted octanol–water partition coefficient (Wildman–Crippen LogP) is 3.98. The molecule has 0 radical (unpaired) electrons. The Labute approximate surface area is 175 Å². The van der Waals surface area contributed by atoms with Crippen LogP contribution in [-0.2, 0) is 4.79 Å². The van der Waals surface area contributed by atoms with E-state index in [9.17, 15) is 14.9 Å². The molecule has 4 rings (SSSR count). The van der Waals surface area contributed by atoms with E-state index in [2.05, 4.69) is 15.5 Å². The maximum atomic E-state index is 12.3. The van der Waals surface area contributed by atoms with Crippen molar-refractivity contribution >= 4 is 40.8 Å². The summed E-state index contributed by atoms with van der Waals surface area (Å²) in [5.41, 5.74) is 2.44. The highest BCUT2D eigenvalue weighted by atomic mass is 32.2. The van der Waals surface area contributed by atoms with Crippen molar-refractivity contribution in [3.05, 3.63) is 99.2 Å². The van der Waals surface area contributed by atoms with Crippen LogP contribution in [0.2, 0.25) is 0 Å². The third-order valence-electron chi connectivity index (χ3n) is 4.20. The zero-order valence-corrected chi connectivity index (χ0v) is 16.3. The van der Waals surface area contributed by atoms with Crippen LogP contribution in [0.1, 0.15) is 11.3 Å². The van der Waals surface area contributed by atoms with Gasteiger partial charge in [0.1, 0.15) is 0 Å². The lowest BCUT2D eigenvalue weighted by Gasteiger charge is -2.06. The number of thioether (sulfide) groups is 1. The first-order chi connectivity index (χ1) is 14.6. The van der Waals surface area contributed by atoms with Gasteiger partial charge in [0.15, 0.2) is 5.17 Å². The maximum absolute atomic E-state index is 12.3. The van der Waals surface area contributed by atoms with Crippen LogP contribution >= 0.6 is 11.8 Å². The second kappa shape index (κ2) is 8.58. The average Bonchev–Trinajstić information content (AvgIpc) is 3.36. The molecule has 1 aromatic heterocycles. The van der Waals surface area contributed by atoms with Gasteiger partial charge in [-0.25, -0.2) is 0 Å². The highest BCUT2D eigenvalue weighted by molar-refractivity contribution is 8.18. The number of nitrogens with one attached hydrogen (secondary N) is 1. The Morgan fingerprint density at radius 2 is 1.80 bits per heavy atom. The van der Waals surface area contributed by atoms with Gasteiger partial charge in [-0.2, -0.15) is 5.10 Å². The molecule has 1 N–H and O–H groups in total. The second-order valence-electron chi connectivity index (χ2n) is 6.20. The molecule has 8 nitrogen and oxygen atoms in total. The molecule has 0 spiro atoms. The van der Waals surface area contributed by atoms with Gasteiger partial charge in [-0.05, 0) is 47.7 Å². The number of benzene rings is 2. The highest BCUT2D eigenvalue weighted by Gasteiger charge is 2.24. The number of amidine groups is 1. The summed E-state index contributed by atoms with van der Waals surface area (Å²) in [4.78, 5) is 23.2. The molecule has 30 heavy (non-hydrogen) atoms. The number of nitrogens with zero attached hydrogens (tertiary/aromatic N) is 4. The first-order valence-corrected chi connectivity index (χ1v) is 9.71. The second-order valence-corrected chi connectivity index (χ2v) is 7.23. The Morgan fingerprint density at radius 3 is 2.53 bits per heavy atom.